The predicted octanol–water partition coefficient (Wildman–Crippen LogP) is 4.45. The summed E-state index contributed by atoms with van der Waals surface area (Å²) >= 11 is 0. The highest BCUT2D eigenvalue weighted by Gasteiger charge is 2.16. The molecule has 0 aromatic heterocycles. The largest absolute Gasteiger partial charge is 0.490 e. The average Bonchev–Trinajstić information content (AvgIpc) is 3.10. The van der Waals surface area contributed by atoms with E-state index in [1.165, 1.54) is 12.8 Å². The minimum absolute atomic E-state index is 0.0625. The van der Waals surface area contributed by atoms with Crippen LogP contribution in [0.1, 0.15) is 32.6 Å². The van der Waals surface area contributed by atoms with Crippen LogP contribution in [0, 0.1) is 0 Å². The number of carbonyl (C=O) groups excluding carboxylic acids is 1. The lowest BCUT2D eigenvalue weighted by atomic mass is 10.2. The van der Waals surface area contributed by atoms with Crippen LogP contribution < -0.4 is 15.4 Å². The number of hydrogen-bond acceptors (Lipinski definition) is 3. The molecule has 1 fully saturated rings. The summed E-state index contributed by atoms with van der Waals surface area (Å²) in [6.07, 6.45) is 5.18. The van der Waals surface area contributed by atoms with E-state index in [1.54, 1.807) is 0 Å². The SMILES string of the molecule is C[C@@H](Nc1ccc(OC2CCCC2)cc1)C(=O)Nc1ccccc1. The second kappa shape index (κ2) is 7.86. The van der Waals surface area contributed by atoms with Crippen LogP contribution >= 0.6 is 0 Å². The normalized spacial score (nSPS) is 15.7. The van der Waals surface area contributed by atoms with Gasteiger partial charge in [-0.1, -0.05) is 18.2 Å². The third kappa shape index (κ3) is 4.51. The highest BCUT2D eigenvalue weighted by Crippen LogP contribution is 2.25. The van der Waals surface area contributed by atoms with Crippen LogP contribution in [0.5, 0.6) is 5.75 Å². The third-order valence-corrected chi connectivity index (χ3v) is 4.28. The molecule has 2 aromatic carbocycles. The highest BCUT2D eigenvalue weighted by atomic mass is 16.5. The first-order valence-electron chi connectivity index (χ1n) is 8.60. The monoisotopic (exact) mass is 324 g/mol. The van der Waals surface area contributed by atoms with E-state index < -0.39 is 0 Å². The quantitative estimate of drug-likeness (QED) is 0.825. The van der Waals surface area contributed by atoms with Crippen molar-refractivity contribution < 1.29 is 9.53 Å². The van der Waals surface area contributed by atoms with Crippen molar-refractivity contribution >= 4 is 17.3 Å². The second-order valence-electron chi connectivity index (χ2n) is 6.27. The van der Waals surface area contributed by atoms with Crippen LogP contribution in [-0.4, -0.2) is 18.1 Å². The Kier molecular flexibility index (Phi) is 5.36. The molecular weight excluding hydrogens is 300 g/mol. The molecule has 1 amide bonds. The number of ether oxygens (including phenoxy) is 1. The van der Waals surface area contributed by atoms with Crippen molar-refractivity contribution in [3.05, 3.63) is 54.6 Å². The molecule has 0 unspecified atom stereocenters. The number of para-hydroxylation sites is 1. The maximum absolute atomic E-state index is 12.2. The Hall–Kier alpha value is -2.49. The van der Waals surface area contributed by atoms with E-state index in [-0.39, 0.29) is 11.9 Å². The van der Waals surface area contributed by atoms with Crippen molar-refractivity contribution in [1.82, 2.24) is 0 Å². The van der Waals surface area contributed by atoms with Gasteiger partial charge in [0.2, 0.25) is 5.91 Å². The summed E-state index contributed by atoms with van der Waals surface area (Å²) in [6.45, 7) is 1.85. The summed E-state index contributed by atoms with van der Waals surface area (Å²) in [5.41, 5.74) is 1.71. The van der Waals surface area contributed by atoms with Gasteiger partial charge in [0.25, 0.3) is 0 Å². The van der Waals surface area contributed by atoms with Crippen molar-refractivity contribution in [2.45, 2.75) is 44.8 Å². The molecule has 0 spiro atoms. The molecule has 4 heteroatoms. The Labute approximate surface area is 143 Å². The van der Waals surface area contributed by atoms with Crippen LogP contribution in [0.15, 0.2) is 54.6 Å². The number of anilines is 2. The van der Waals surface area contributed by atoms with Gasteiger partial charge in [-0.2, -0.15) is 0 Å². The van der Waals surface area contributed by atoms with Gasteiger partial charge in [-0.3, -0.25) is 4.79 Å². The lowest BCUT2D eigenvalue weighted by Gasteiger charge is -2.17. The third-order valence-electron chi connectivity index (χ3n) is 4.28. The van der Waals surface area contributed by atoms with Crippen molar-refractivity contribution in [1.29, 1.82) is 0 Å². The number of hydrogen-bond donors (Lipinski definition) is 2. The van der Waals surface area contributed by atoms with Gasteiger partial charge in [-0.25, -0.2) is 0 Å². The molecule has 4 nitrogen and oxygen atoms in total. The average molecular weight is 324 g/mol. The Morgan fingerprint density at radius 1 is 1.00 bits per heavy atom. The fraction of sp³-hybridized carbons (Fsp3) is 0.350. The molecule has 126 valence electrons. The van der Waals surface area contributed by atoms with E-state index in [2.05, 4.69) is 10.6 Å². The van der Waals surface area contributed by atoms with E-state index in [9.17, 15) is 4.79 Å². The van der Waals surface area contributed by atoms with Gasteiger partial charge < -0.3 is 15.4 Å². The standard InChI is InChI=1S/C20H24N2O2/c1-15(20(23)22-16-7-3-2-4-8-16)21-17-11-13-19(14-12-17)24-18-9-5-6-10-18/h2-4,7-8,11-15,18,21H,5-6,9-10H2,1H3,(H,22,23)/t15-/m1/s1. The molecular formula is C20H24N2O2. The van der Waals surface area contributed by atoms with Crippen LogP contribution in [0.3, 0.4) is 0 Å². The Bertz CT molecular complexity index is 649. The van der Waals surface area contributed by atoms with Gasteiger partial charge in [0.1, 0.15) is 11.8 Å². The van der Waals surface area contributed by atoms with Gasteiger partial charge >= 0.3 is 0 Å². The molecule has 1 aliphatic rings. The molecule has 24 heavy (non-hydrogen) atoms. The van der Waals surface area contributed by atoms with E-state index >= 15 is 0 Å². The van der Waals surface area contributed by atoms with E-state index in [0.717, 1.165) is 30.0 Å². The van der Waals surface area contributed by atoms with Gasteiger partial charge in [0.05, 0.1) is 6.10 Å². The smallest absolute Gasteiger partial charge is 0.246 e. The number of benzene rings is 2. The predicted molar refractivity (Wildman–Crippen MR) is 97.5 cm³/mol. The lowest BCUT2D eigenvalue weighted by Crippen LogP contribution is -2.31. The molecule has 2 N–H and O–H groups in total. The summed E-state index contributed by atoms with van der Waals surface area (Å²) in [4.78, 5) is 12.2. The molecule has 1 saturated carbocycles. The Balaban J connectivity index is 1.52. The fourth-order valence-corrected chi connectivity index (χ4v) is 2.92. The van der Waals surface area contributed by atoms with Crippen LogP contribution in [0.4, 0.5) is 11.4 Å². The first kappa shape index (κ1) is 16.4. The van der Waals surface area contributed by atoms with E-state index in [4.69, 9.17) is 4.74 Å². The zero-order valence-corrected chi connectivity index (χ0v) is 14.0. The molecule has 1 aliphatic carbocycles. The maximum Gasteiger partial charge on any atom is 0.246 e. The van der Waals surface area contributed by atoms with Crippen molar-refractivity contribution in [2.75, 3.05) is 10.6 Å². The molecule has 0 aliphatic heterocycles. The first-order valence-corrected chi connectivity index (χ1v) is 8.60. The fourth-order valence-electron chi connectivity index (χ4n) is 2.92. The van der Waals surface area contributed by atoms with Gasteiger partial charge in [-0.15, -0.1) is 0 Å². The van der Waals surface area contributed by atoms with Gasteiger partial charge in [0.15, 0.2) is 0 Å². The molecule has 2 aromatic rings. The van der Waals surface area contributed by atoms with Crippen molar-refractivity contribution in [3.8, 4) is 5.75 Å². The Morgan fingerprint density at radius 2 is 1.67 bits per heavy atom. The number of nitrogens with one attached hydrogen (secondary N) is 2. The Morgan fingerprint density at radius 3 is 2.33 bits per heavy atom. The molecule has 0 heterocycles. The van der Waals surface area contributed by atoms with Crippen molar-refractivity contribution in [3.63, 3.8) is 0 Å². The summed E-state index contributed by atoms with van der Waals surface area (Å²) < 4.78 is 5.95. The first-order chi connectivity index (χ1) is 11.7. The zero-order chi connectivity index (χ0) is 16.8. The lowest BCUT2D eigenvalue weighted by molar-refractivity contribution is -0.116. The summed E-state index contributed by atoms with van der Waals surface area (Å²) in [7, 11) is 0. The van der Waals surface area contributed by atoms with Crippen LogP contribution in [-0.2, 0) is 4.79 Å². The summed E-state index contributed by atoms with van der Waals surface area (Å²) in [5, 5.41) is 6.11. The maximum atomic E-state index is 12.2. The second-order valence-corrected chi connectivity index (χ2v) is 6.27. The number of amides is 1. The number of carbonyl (C=O) groups is 1. The topological polar surface area (TPSA) is 50.4 Å². The molecule has 0 bridgehead atoms. The summed E-state index contributed by atoms with van der Waals surface area (Å²) in [6, 6.07) is 17.0. The minimum atomic E-state index is -0.327. The molecule has 0 saturated heterocycles. The molecule has 3 rings (SSSR count). The van der Waals surface area contributed by atoms with Gasteiger partial charge in [0, 0.05) is 11.4 Å². The van der Waals surface area contributed by atoms with E-state index in [1.807, 2.05) is 61.5 Å². The van der Waals surface area contributed by atoms with Crippen molar-refractivity contribution in [2.24, 2.45) is 0 Å². The number of rotatable bonds is 6. The highest BCUT2D eigenvalue weighted by molar-refractivity contribution is 5.96. The minimum Gasteiger partial charge on any atom is -0.490 e. The molecule has 1 atom stereocenters. The molecule has 0 radical (unpaired) electrons. The van der Waals surface area contributed by atoms with Crippen LogP contribution in [0.2, 0.25) is 0 Å². The zero-order valence-electron chi connectivity index (χ0n) is 14.0. The van der Waals surface area contributed by atoms with Crippen LogP contribution in [0.25, 0.3) is 0 Å². The van der Waals surface area contributed by atoms with E-state index in [0.29, 0.717) is 6.10 Å². The van der Waals surface area contributed by atoms with Gasteiger partial charge in [-0.05, 0) is 69.0 Å². The summed E-state index contributed by atoms with van der Waals surface area (Å²) in [5.74, 6) is 0.835.